The predicted octanol–water partition coefficient (Wildman–Crippen LogP) is 2.33. The zero-order valence-electron chi connectivity index (χ0n) is 10.7. The lowest BCUT2D eigenvalue weighted by Gasteiger charge is -2.33. The van der Waals surface area contributed by atoms with Gasteiger partial charge in [-0.05, 0) is 44.2 Å². The Morgan fingerprint density at radius 1 is 1.25 bits per heavy atom. The third-order valence-corrected chi connectivity index (χ3v) is 5.24. The highest BCUT2D eigenvalue weighted by atomic mass is 15.3. The highest BCUT2D eigenvalue weighted by Crippen LogP contribution is 2.49. The summed E-state index contributed by atoms with van der Waals surface area (Å²) in [5.41, 5.74) is 1.90. The van der Waals surface area contributed by atoms with Gasteiger partial charge in [-0.15, -0.1) is 0 Å². The molecule has 0 radical (unpaired) electrons. The average molecular weight is 220 g/mol. The number of nitrogens with zero attached hydrogens (tertiary/aromatic N) is 2. The maximum Gasteiger partial charge on any atom is 0.0430 e. The van der Waals surface area contributed by atoms with Crippen LogP contribution in [0.3, 0.4) is 0 Å². The summed E-state index contributed by atoms with van der Waals surface area (Å²) in [5, 5.41) is 0. The van der Waals surface area contributed by atoms with Crippen LogP contribution in [0.1, 0.15) is 33.1 Å². The van der Waals surface area contributed by atoms with Crippen LogP contribution in [0.2, 0.25) is 0 Å². The zero-order valence-corrected chi connectivity index (χ0v) is 10.7. The van der Waals surface area contributed by atoms with E-state index in [-0.39, 0.29) is 0 Å². The summed E-state index contributed by atoms with van der Waals surface area (Å²) in [6, 6.07) is 0. The second kappa shape index (κ2) is 3.49. The molecule has 3 aliphatic heterocycles. The van der Waals surface area contributed by atoms with Crippen molar-refractivity contribution in [3.63, 3.8) is 0 Å². The zero-order chi connectivity index (χ0) is 11.3. The summed E-state index contributed by atoms with van der Waals surface area (Å²) in [6.07, 6.45) is 4.27. The van der Waals surface area contributed by atoms with E-state index in [4.69, 9.17) is 0 Å². The molecule has 1 atom stereocenters. The van der Waals surface area contributed by atoms with Crippen LogP contribution in [-0.4, -0.2) is 41.5 Å². The molecule has 2 heteroatoms. The second-order valence-corrected chi connectivity index (χ2v) is 6.18. The van der Waals surface area contributed by atoms with Crippen molar-refractivity contribution in [1.29, 1.82) is 0 Å². The van der Waals surface area contributed by atoms with Gasteiger partial charge < -0.3 is 4.90 Å². The van der Waals surface area contributed by atoms with Crippen molar-refractivity contribution in [1.82, 2.24) is 9.80 Å². The molecule has 1 spiro atoms. The summed E-state index contributed by atoms with van der Waals surface area (Å²) < 4.78 is 0. The van der Waals surface area contributed by atoms with Crippen LogP contribution in [0, 0.1) is 11.8 Å². The number of hydrogen-bond acceptors (Lipinski definition) is 2. The summed E-state index contributed by atoms with van der Waals surface area (Å²) in [6.45, 7) is 14.0. The fourth-order valence-corrected chi connectivity index (χ4v) is 4.14. The smallest absolute Gasteiger partial charge is 0.0430 e. The van der Waals surface area contributed by atoms with E-state index in [0.717, 1.165) is 5.92 Å². The normalized spacial score (nSPS) is 41.6. The van der Waals surface area contributed by atoms with Crippen LogP contribution in [-0.2, 0) is 0 Å². The van der Waals surface area contributed by atoms with Crippen LogP contribution in [0.5, 0.6) is 0 Å². The lowest BCUT2D eigenvalue weighted by molar-refractivity contribution is 0.175. The second-order valence-electron chi connectivity index (χ2n) is 6.18. The Morgan fingerprint density at radius 3 is 2.44 bits per heavy atom. The van der Waals surface area contributed by atoms with Crippen LogP contribution >= 0.6 is 0 Å². The molecular formula is C14H24N2. The Morgan fingerprint density at radius 2 is 1.94 bits per heavy atom. The highest BCUT2D eigenvalue weighted by molar-refractivity contribution is 5.15. The van der Waals surface area contributed by atoms with Crippen LogP contribution in [0.15, 0.2) is 12.3 Å². The first-order chi connectivity index (χ1) is 7.63. The number of allylic oxidation sites excluding steroid dienone is 1. The van der Waals surface area contributed by atoms with Crippen molar-refractivity contribution in [3.8, 4) is 0 Å². The molecule has 3 rings (SSSR count). The first-order valence-corrected chi connectivity index (χ1v) is 6.82. The minimum absolute atomic E-state index is 0.553. The molecule has 90 valence electrons. The standard InChI is InChI=1S/C14H24N2/c1-11(2)12(3)15-9-6-14(10-15)13-4-7-16(14)8-5-13/h11,13H,3-10H2,1-2H3. The topological polar surface area (TPSA) is 6.48 Å². The Labute approximate surface area is 99.3 Å². The number of hydrogen-bond donors (Lipinski definition) is 0. The van der Waals surface area contributed by atoms with Crippen molar-refractivity contribution in [2.24, 2.45) is 11.8 Å². The molecule has 3 heterocycles. The quantitative estimate of drug-likeness (QED) is 0.705. The molecule has 3 fully saturated rings. The van der Waals surface area contributed by atoms with E-state index in [1.54, 1.807) is 0 Å². The summed E-state index contributed by atoms with van der Waals surface area (Å²) in [5.74, 6) is 1.58. The average Bonchev–Trinajstić information content (AvgIpc) is 2.95. The SMILES string of the molecule is C=C(C(C)C)N1CCC2(C1)C1CCN2CC1. The molecule has 3 aliphatic rings. The first-order valence-electron chi connectivity index (χ1n) is 6.82. The number of rotatable bonds is 2. The molecule has 1 unspecified atom stereocenters. The van der Waals surface area contributed by atoms with Gasteiger partial charge in [-0.2, -0.15) is 0 Å². The molecule has 16 heavy (non-hydrogen) atoms. The van der Waals surface area contributed by atoms with Crippen molar-refractivity contribution >= 4 is 0 Å². The van der Waals surface area contributed by atoms with Crippen molar-refractivity contribution in [2.45, 2.75) is 38.6 Å². The van der Waals surface area contributed by atoms with E-state index in [1.165, 1.54) is 51.1 Å². The Bertz CT molecular complexity index is 288. The number of likely N-dealkylation sites (tertiary alicyclic amines) is 1. The van der Waals surface area contributed by atoms with Gasteiger partial charge in [0, 0.05) is 24.3 Å². The van der Waals surface area contributed by atoms with Gasteiger partial charge in [0.05, 0.1) is 0 Å². The molecule has 0 aromatic carbocycles. The predicted molar refractivity (Wildman–Crippen MR) is 67.2 cm³/mol. The van der Waals surface area contributed by atoms with Crippen LogP contribution < -0.4 is 0 Å². The molecular weight excluding hydrogens is 196 g/mol. The van der Waals surface area contributed by atoms with E-state index in [1.807, 2.05) is 0 Å². The number of piperidine rings is 1. The monoisotopic (exact) mass is 220 g/mol. The molecule has 3 saturated heterocycles. The molecule has 0 aromatic heterocycles. The first kappa shape index (κ1) is 10.6. The van der Waals surface area contributed by atoms with Crippen LogP contribution in [0.25, 0.3) is 0 Å². The van der Waals surface area contributed by atoms with Crippen LogP contribution in [0.4, 0.5) is 0 Å². The molecule has 0 saturated carbocycles. The summed E-state index contributed by atoms with van der Waals surface area (Å²) >= 11 is 0. The van der Waals surface area contributed by atoms with Gasteiger partial charge in [0.15, 0.2) is 0 Å². The van der Waals surface area contributed by atoms with Gasteiger partial charge in [-0.25, -0.2) is 0 Å². The molecule has 0 aliphatic carbocycles. The Kier molecular flexibility index (Phi) is 2.32. The lowest BCUT2D eigenvalue weighted by Crippen LogP contribution is -2.44. The minimum atomic E-state index is 0.553. The maximum atomic E-state index is 4.27. The molecule has 2 bridgehead atoms. The third kappa shape index (κ3) is 1.29. The third-order valence-electron chi connectivity index (χ3n) is 5.24. The van der Waals surface area contributed by atoms with E-state index in [9.17, 15) is 0 Å². The van der Waals surface area contributed by atoms with E-state index < -0.39 is 0 Å². The fraction of sp³-hybridized carbons (Fsp3) is 0.857. The molecule has 0 amide bonds. The van der Waals surface area contributed by atoms with Gasteiger partial charge in [0.2, 0.25) is 0 Å². The fourth-order valence-electron chi connectivity index (χ4n) is 4.14. The Hall–Kier alpha value is -0.500. The summed E-state index contributed by atoms with van der Waals surface area (Å²) in [7, 11) is 0. The van der Waals surface area contributed by atoms with Gasteiger partial charge in [0.1, 0.15) is 0 Å². The van der Waals surface area contributed by atoms with Gasteiger partial charge in [-0.1, -0.05) is 20.4 Å². The van der Waals surface area contributed by atoms with E-state index in [2.05, 4.69) is 30.2 Å². The minimum Gasteiger partial charge on any atom is -0.373 e. The van der Waals surface area contributed by atoms with Gasteiger partial charge >= 0.3 is 0 Å². The molecule has 0 aromatic rings. The van der Waals surface area contributed by atoms with E-state index >= 15 is 0 Å². The largest absolute Gasteiger partial charge is 0.373 e. The van der Waals surface area contributed by atoms with E-state index in [0.29, 0.717) is 11.5 Å². The Balaban J connectivity index is 1.76. The summed E-state index contributed by atoms with van der Waals surface area (Å²) in [4.78, 5) is 5.33. The van der Waals surface area contributed by atoms with Crippen molar-refractivity contribution < 1.29 is 0 Å². The van der Waals surface area contributed by atoms with Crippen molar-refractivity contribution in [3.05, 3.63) is 12.3 Å². The van der Waals surface area contributed by atoms with Gasteiger partial charge in [0.25, 0.3) is 0 Å². The maximum absolute atomic E-state index is 4.27. The molecule has 2 nitrogen and oxygen atoms in total. The highest BCUT2D eigenvalue weighted by Gasteiger charge is 2.55. The van der Waals surface area contributed by atoms with Crippen molar-refractivity contribution in [2.75, 3.05) is 26.2 Å². The molecule has 0 N–H and O–H groups in total. The lowest BCUT2D eigenvalue weighted by atomic mass is 9.85. The van der Waals surface area contributed by atoms with Gasteiger partial charge in [-0.3, -0.25) is 4.90 Å².